The van der Waals surface area contributed by atoms with Gasteiger partial charge >= 0.3 is 19.5 Å². The van der Waals surface area contributed by atoms with Gasteiger partial charge in [0.25, 0.3) is 0 Å². The second-order valence-electron chi connectivity index (χ2n) is 3.23. The molecule has 0 aliphatic carbocycles. The molecule has 0 amide bonds. The smallest absolute Gasteiger partial charge is 1.00 e. The van der Waals surface area contributed by atoms with E-state index in [4.69, 9.17) is 0 Å². The molecule has 4 heteroatoms. The molecule has 1 unspecified atom stereocenters. The van der Waals surface area contributed by atoms with E-state index in [9.17, 15) is 0 Å². The van der Waals surface area contributed by atoms with Crippen LogP contribution in [0.15, 0.2) is 91.0 Å². The molecular weight excluding hydrogens is 419 g/mol. The third-order valence-corrected chi connectivity index (χ3v) is 1.82. The van der Waals surface area contributed by atoms with Crippen LogP contribution < -0.4 is 24.8 Å². The maximum atomic E-state index is 2.89. The molecule has 0 N–H and O–H groups in total. The molecule has 1 radical (unpaired) electrons. The first-order chi connectivity index (χ1) is 9.00. The summed E-state index contributed by atoms with van der Waals surface area (Å²) in [4.78, 5) is 0. The Morgan fingerprint density at radius 1 is 0.364 bits per heavy atom. The van der Waals surface area contributed by atoms with Crippen molar-refractivity contribution >= 4 is 9.90 Å². The first-order valence-electron chi connectivity index (χ1n) is 5.73. The fourth-order valence-electron chi connectivity index (χ4n) is 1.03. The van der Waals surface area contributed by atoms with Gasteiger partial charge in [-0.05, 0) is 0 Å². The summed E-state index contributed by atoms with van der Waals surface area (Å²) in [6.45, 7) is 0. The van der Waals surface area contributed by atoms with E-state index < -0.39 is 0 Å². The Bertz CT molecular complexity index is 312. The van der Waals surface area contributed by atoms with Gasteiger partial charge in [0, 0.05) is 0 Å². The van der Waals surface area contributed by atoms with Crippen LogP contribution in [0.5, 0.6) is 0 Å². The number of halogens is 2. The predicted molar refractivity (Wildman–Crippen MR) is 86.9 cm³/mol. The average molecular weight is 437 g/mol. The number of benzene rings is 3. The molecule has 22 heavy (non-hydrogen) atoms. The van der Waals surface area contributed by atoms with Crippen LogP contribution in [-0.4, -0.2) is 0 Å². The molecule has 0 saturated heterocycles. The van der Waals surface area contributed by atoms with Crippen molar-refractivity contribution in [3.63, 3.8) is 0 Å². The van der Waals surface area contributed by atoms with E-state index in [1.807, 2.05) is 91.0 Å². The minimum Gasteiger partial charge on any atom is -1.00 e. The Labute approximate surface area is 162 Å². The first kappa shape index (κ1) is 29.3. The third kappa shape index (κ3) is 21.6. The molecule has 117 valence electrons. The van der Waals surface area contributed by atoms with Gasteiger partial charge in [0.1, 0.15) is 0 Å². The zero-order chi connectivity index (χ0) is 12.7. The molecule has 3 aromatic carbocycles. The van der Waals surface area contributed by atoms with Crippen LogP contribution in [0.2, 0.25) is 0 Å². The van der Waals surface area contributed by atoms with E-state index in [1.54, 1.807) is 0 Å². The van der Waals surface area contributed by atoms with Crippen LogP contribution in [0.25, 0.3) is 0 Å². The summed E-state index contributed by atoms with van der Waals surface area (Å²) in [6, 6.07) is 37.5. The fraction of sp³-hybridized carbons (Fsp3) is 0. The van der Waals surface area contributed by atoms with Crippen LogP contribution in [0.3, 0.4) is 0 Å². The van der Waals surface area contributed by atoms with E-state index in [0.717, 1.165) is 0 Å². The number of hydrogen-bond acceptors (Lipinski definition) is 0. The Kier molecular flexibility index (Phi) is 33.7. The summed E-state index contributed by atoms with van der Waals surface area (Å²) in [6.07, 6.45) is 0. The summed E-state index contributed by atoms with van der Waals surface area (Å²) in [5.74, 6) is 0. The zero-order valence-corrected chi connectivity index (χ0v) is 16.6. The summed E-state index contributed by atoms with van der Waals surface area (Å²) in [5.41, 5.74) is 0. The van der Waals surface area contributed by atoms with Crippen LogP contribution in [0.1, 0.15) is 0 Å². The van der Waals surface area contributed by atoms with Gasteiger partial charge in [-0.1, -0.05) is 0 Å². The van der Waals surface area contributed by atoms with Crippen molar-refractivity contribution < 1.29 is 44.3 Å². The molecule has 0 fully saturated rings. The van der Waals surface area contributed by atoms with Crippen LogP contribution >= 0.6 is 9.90 Å². The minimum absolute atomic E-state index is 0. The molecule has 1 atom stereocenters. The quantitative estimate of drug-likeness (QED) is 0.229. The van der Waals surface area contributed by atoms with Gasteiger partial charge in [0.2, 0.25) is 0 Å². The van der Waals surface area contributed by atoms with E-state index >= 15 is 0 Å². The van der Waals surface area contributed by atoms with Crippen molar-refractivity contribution in [1.82, 2.24) is 0 Å². The van der Waals surface area contributed by atoms with E-state index in [-0.39, 0.29) is 54.2 Å². The SMILES string of the molecule is P.[Cl-].[Cl-].[Ru+5].[c-]1ccccc1.[c-]1ccccc1.[c-]1ccccc1. The normalized spacial score (nSPS) is 6.55. The Morgan fingerprint density at radius 2 is 0.545 bits per heavy atom. The maximum absolute atomic E-state index is 2.89. The van der Waals surface area contributed by atoms with Crippen molar-refractivity contribution in [2.24, 2.45) is 0 Å². The summed E-state index contributed by atoms with van der Waals surface area (Å²) >= 11 is 0. The summed E-state index contributed by atoms with van der Waals surface area (Å²) in [5, 5.41) is 0. The molecule has 0 bridgehead atoms. The Hall–Kier alpha value is -0.707. The van der Waals surface area contributed by atoms with Crippen molar-refractivity contribution in [3.05, 3.63) is 109 Å². The minimum atomic E-state index is 0. The standard InChI is InChI=1S/3C6H5.2ClH.H3P.Ru/c3*1-2-4-6-5-3-1;;;;/h3*1-5H;2*1H;1H3;/q3*-1;;;;+5/p-2. The Balaban J connectivity index is -0.000000101. The molecule has 0 nitrogen and oxygen atoms in total. The predicted octanol–water partition coefficient (Wildman–Crippen LogP) is -1.48. The number of rotatable bonds is 0. The molecule has 0 saturated carbocycles. The van der Waals surface area contributed by atoms with Gasteiger partial charge in [0.05, 0.1) is 0 Å². The number of hydrogen-bond donors (Lipinski definition) is 0. The van der Waals surface area contributed by atoms with Gasteiger partial charge in [0.15, 0.2) is 0 Å². The summed E-state index contributed by atoms with van der Waals surface area (Å²) < 4.78 is 0. The first-order valence-corrected chi connectivity index (χ1v) is 5.73. The second kappa shape index (κ2) is 25.3. The van der Waals surface area contributed by atoms with Gasteiger partial charge in [-0.15, -0.1) is 0 Å². The maximum Gasteiger partial charge on any atom is 5.00 e. The van der Waals surface area contributed by atoms with E-state index in [0.29, 0.717) is 0 Å². The molecule has 3 rings (SSSR count). The molecule has 0 aliphatic heterocycles. The monoisotopic (exact) mass is 437 g/mol. The molecule has 3 aromatic rings. The average Bonchev–Trinajstić information content (AvgIpc) is 2.54. The van der Waals surface area contributed by atoms with Crippen LogP contribution in [-0.2, 0) is 19.5 Å². The van der Waals surface area contributed by atoms with E-state index in [1.165, 1.54) is 0 Å². The molecule has 0 spiro atoms. The zero-order valence-electron chi connectivity index (χ0n) is 12.0. The van der Waals surface area contributed by atoms with Crippen LogP contribution in [0.4, 0.5) is 0 Å². The summed E-state index contributed by atoms with van der Waals surface area (Å²) in [7, 11) is 0. The van der Waals surface area contributed by atoms with Crippen molar-refractivity contribution in [2.45, 2.75) is 0 Å². The van der Waals surface area contributed by atoms with Gasteiger partial charge in [-0.3, -0.25) is 0 Å². The van der Waals surface area contributed by atoms with Gasteiger partial charge in [-0.2, -0.15) is 119 Å². The molecule has 0 aliphatic rings. The molecule has 0 heterocycles. The van der Waals surface area contributed by atoms with E-state index in [2.05, 4.69) is 18.2 Å². The van der Waals surface area contributed by atoms with Gasteiger partial charge in [-0.25, -0.2) is 0 Å². The second-order valence-corrected chi connectivity index (χ2v) is 3.23. The van der Waals surface area contributed by atoms with Crippen molar-refractivity contribution in [1.29, 1.82) is 0 Å². The largest absolute Gasteiger partial charge is 5.00 e. The Morgan fingerprint density at radius 3 is 0.591 bits per heavy atom. The molecule has 0 aromatic heterocycles. The molecular formula is C18H18Cl2PRu. The third-order valence-electron chi connectivity index (χ3n) is 1.82. The van der Waals surface area contributed by atoms with Crippen molar-refractivity contribution in [2.75, 3.05) is 0 Å². The van der Waals surface area contributed by atoms with Gasteiger partial charge < -0.3 is 24.8 Å². The fourth-order valence-corrected chi connectivity index (χ4v) is 1.03. The topological polar surface area (TPSA) is 0 Å². The van der Waals surface area contributed by atoms with Crippen molar-refractivity contribution in [3.8, 4) is 0 Å². The van der Waals surface area contributed by atoms with Crippen LogP contribution in [0, 0.1) is 18.2 Å².